The topological polar surface area (TPSA) is 26.0 Å². The fourth-order valence-corrected chi connectivity index (χ4v) is 2.02. The minimum absolute atomic E-state index is 0.0488. The van der Waals surface area contributed by atoms with Crippen LogP contribution >= 0.6 is 11.8 Å². The molecular formula is C9H18F3NS. The normalized spacial score (nSPS) is 14.8. The Labute approximate surface area is 87.6 Å². The van der Waals surface area contributed by atoms with Gasteiger partial charge in [0.15, 0.2) is 0 Å². The summed E-state index contributed by atoms with van der Waals surface area (Å²) < 4.78 is 35.4. The molecule has 0 fully saturated rings. The summed E-state index contributed by atoms with van der Waals surface area (Å²) in [6.07, 6.45) is 1.47. The molecule has 14 heavy (non-hydrogen) atoms. The summed E-state index contributed by atoms with van der Waals surface area (Å²) in [5.74, 6) is 0.849. The van der Waals surface area contributed by atoms with Crippen LogP contribution in [-0.4, -0.2) is 17.8 Å². The van der Waals surface area contributed by atoms with E-state index in [-0.39, 0.29) is 23.4 Å². The van der Waals surface area contributed by atoms with E-state index in [2.05, 4.69) is 13.8 Å². The van der Waals surface area contributed by atoms with Gasteiger partial charge in [0.2, 0.25) is 0 Å². The Balaban J connectivity index is 3.63. The van der Waals surface area contributed by atoms with E-state index in [1.807, 2.05) is 0 Å². The lowest BCUT2D eigenvalue weighted by Gasteiger charge is -2.16. The van der Waals surface area contributed by atoms with Crippen molar-refractivity contribution in [1.29, 1.82) is 0 Å². The molecule has 0 aliphatic heterocycles. The summed E-state index contributed by atoms with van der Waals surface area (Å²) in [5, 5.41) is 0. The Morgan fingerprint density at radius 3 is 2.21 bits per heavy atom. The first kappa shape index (κ1) is 14.1. The highest BCUT2D eigenvalue weighted by Crippen LogP contribution is 2.31. The molecule has 1 nitrogen and oxygen atoms in total. The third-order valence-corrected chi connectivity index (χ3v) is 2.70. The summed E-state index contributed by atoms with van der Waals surface area (Å²) in [4.78, 5) is 0. The first-order valence-electron chi connectivity index (χ1n) is 4.76. The van der Waals surface area contributed by atoms with Gasteiger partial charge in [-0.1, -0.05) is 25.6 Å². The van der Waals surface area contributed by atoms with Crippen LogP contribution in [0.15, 0.2) is 0 Å². The van der Waals surface area contributed by atoms with Crippen LogP contribution in [0, 0.1) is 11.8 Å². The van der Waals surface area contributed by atoms with Crippen LogP contribution in [0.25, 0.3) is 0 Å². The third-order valence-electron chi connectivity index (χ3n) is 1.93. The van der Waals surface area contributed by atoms with E-state index in [0.717, 1.165) is 6.42 Å². The van der Waals surface area contributed by atoms with Crippen molar-refractivity contribution in [2.45, 2.75) is 32.2 Å². The van der Waals surface area contributed by atoms with E-state index in [9.17, 15) is 13.2 Å². The smallest absolute Gasteiger partial charge is 0.330 e. The Morgan fingerprint density at radius 1 is 1.29 bits per heavy atom. The average molecular weight is 229 g/mol. The molecule has 0 amide bonds. The number of halogens is 3. The molecule has 0 rings (SSSR count). The van der Waals surface area contributed by atoms with Gasteiger partial charge in [0.25, 0.3) is 0 Å². The van der Waals surface area contributed by atoms with Crippen molar-refractivity contribution < 1.29 is 13.2 Å². The summed E-state index contributed by atoms with van der Waals surface area (Å²) >= 11 is 0.0488. The molecule has 0 aromatic rings. The number of nitrogens with two attached hydrogens (primary N) is 1. The van der Waals surface area contributed by atoms with E-state index in [1.165, 1.54) is 0 Å². The highest BCUT2D eigenvalue weighted by atomic mass is 32.2. The van der Waals surface area contributed by atoms with Crippen LogP contribution < -0.4 is 5.73 Å². The molecule has 0 aromatic heterocycles. The molecule has 0 radical (unpaired) electrons. The Hall–Kier alpha value is 0.100. The zero-order valence-electron chi connectivity index (χ0n) is 8.60. The molecular weight excluding hydrogens is 211 g/mol. The van der Waals surface area contributed by atoms with Crippen molar-refractivity contribution in [3.8, 4) is 0 Å². The molecule has 0 aliphatic rings. The van der Waals surface area contributed by atoms with E-state index in [1.54, 1.807) is 0 Å². The number of thioether (sulfide) groups is 1. The zero-order chi connectivity index (χ0) is 11.2. The fraction of sp³-hybridized carbons (Fsp3) is 1.00. The molecule has 0 saturated carbocycles. The van der Waals surface area contributed by atoms with E-state index in [4.69, 9.17) is 5.73 Å². The lowest BCUT2D eigenvalue weighted by molar-refractivity contribution is -0.0328. The summed E-state index contributed by atoms with van der Waals surface area (Å²) in [6.45, 7) is 4.59. The maximum atomic E-state index is 11.8. The maximum Gasteiger partial charge on any atom is 0.441 e. The van der Waals surface area contributed by atoms with Crippen LogP contribution in [0.2, 0.25) is 0 Å². The predicted octanol–water partition coefficient (Wildman–Crippen LogP) is 3.25. The second kappa shape index (κ2) is 6.56. The molecule has 0 aromatic carbocycles. The number of hydrogen-bond acceptors (Lipinski definition) is 2. The molecule has 0 aliphatic carbocycles. The van der Waals surface area contributed by atoms with Gasteiger partial charge >= 0.3 is 5.51 Å². The Kier molecular flexibility index (Phi) is 6.61. The minimum atomic E-state index is -4.10. The maximum absolute atomic E-state index is 11.8. The molecule has 1 atom stereocenters. The highest BCUT2D eigenvalue weighted by molar-refractivity contribution is 8.00. The van der Waals surface area contributed by atoms with Crippen molar-refractivity contribution in [3.05, 3.63) is 0 Å². The molecule has 5 heteroatoms. The van der Waals surface area contributed by atoms with Crippen molar-refractivity contribution in [1.82, 2.24) is 0 Å². The minimum Gasteiger partial charge on any atom is -0.330 e. The molecule has 1 unspecified atom stereocenters. The van der Waals surface area contributed by atoms with Crippen molar-refractivity contribution in [2.24, 2.45) is 17.6 Å². The van der Waals surface area contributed by atoms with E-state index >= 15 is 0 Å². The zero-order valence-corrected chi connectivity index (χ0v) is 9.42. The predicted molar refractivity (Wildman–Crippen MR) is 55.1 cm³/mol. The van der Waals surface area contributed by atoms with Gasteiger partial charge in [0.05, 0.1) is 0 Å². The number of rotatable bonds is 6. The molecule has 2 N–H and O–H groups in total. The SMILES string of the molecule is CC(C)CC(CN)CCSC(F)(F)F. The fourth-order valence-electron chi connectivity index (χ4n) is 1.34. The van der Waals surface area contributed by atoms with Gasteiger partial charge in [-0.3, -0.25) is 0 Å². The van der Waals surface area contributed by atoms with Crippen LogP contribution in [0.3, 0.4) is 0 Å². The first-order valence-corrected chi connectivity index (χ1v) is 5.74. The van der Waals surface area contributed by atoms with Crippen LogP contribution in [0.4, 0.5) is 13.2 Å². The van der Waals surface area contributed by atoms with Crippen LogP contribution in [0.1, 0.15) is 26.7 Å². The third kappa shape index (κ3) is 8.69. The second-order valence-corrected chi connectivity index (χ2v) is 4.97. The summed E-state index contributed by atoms with van der Waals surface area (Å²) in [5.41, 5.74) is 1.38. The average Bonchev–Trinajstić information content (AvgIpc) is 1.99. The molecule has 0 bridgehead atoms. The largest absolute Gasteiger partial charge is 0.441 e. The molecule has 86 valence electrons. The van der Waals surface area contributed by atoms with E-state index < -0.39 is 5.51 Å². The van der Waals surface area contributed by atoms with Crippen molar-refractivity contribution in [2.75, 3.05) is 12.3 Å². The molecule has 0 saturated heterocycles. The highest BCUT2D eigenvalue weighted by Gasteiger charge is 2.27. The van der Waals surface area contributed by atoms with Gasteiger partial charge in [-0.25, -0.2) is 0 Å². The van der Waals surface area contributed by atoms with Crippen molar-refractivity contribution in [3.63, 3.8) is 0 Å². The molecule has 0 heterocycles. The van der Waals surface area contributed by atoms with Gasteiger partial charge in [0.1, 0.15) is 0 Å². The van der Waals surface area contributed by atoms with E-state index in [0.29, 0.717) is 18.9 Å². The van der Waals surface area contributed by atoms with Crippen molar-refractivity contribution >= 4 is 11.8 Å². The standard InChI is InChI=1S/C9H18F3NS/c1-7(2)5-8(6-13)3-4-14-9(10,11)12/h7-8H,3-6,13H2,1-2H3. The quantitative estimate of drug-likeness (QED) is 0.756. The Morgan fingerprint density at radius 2 is 1.86 bits per heavy atom. The van der Waals surface area contributed by atoms with Gasteiger partial charge in [0, 0.05) is 5.75 Å². The van der Waals surface area contributed by atoms with Gasteiger partial charge in [-0.15, -0.1) is 0 Å². The van der Waals surface area contributed by atoms with Gasteiger partial charge in [-0.2, -0.15) is 13.2 Å². The lowest BCUT2D eigenvalue weighted by atomic mass is 9.95. The summed E-state index contributed by atoms with van der Waals surface area (Å²) in [6, 6.07) is 0. The van der Waals surface area contributed by atoms with Crippen LogP contribution in [0.5, 0.6) is 0 Å². The van der Waals surface area contributed by atoms with Gasteiger partial charge in [-0.05, 0) is 31.2 Å². The second-order valence-electron chi connectivity index (χ2n) is 3.81. The number of alkyl halides is 3. The summed E-state index contributed by atoms with van der Waals surface area (Å²) in [7, 11) is 0. The number of hydrogen-bond donors (Lipinski definition) is 1. The Bertz CT molecular complexity index is 147. The molecule has 0 spiro atoms. The van der Waals surface area contributed by atoms with Crippen LogP contribution in [-0.2, 0) is 0 Å². The monoisotopic (exact) mass is 229 g/mol. The first-order chi connectivity index (χ1) is 6.35. The van der Waals surface area contributed by atoms with Gasteiger partial charge < -0.3 is 5.73 Å². The lowest BCUT2D eigenvalue weighted by Crippen LogP contribution is -2.18.